The molecule has 1 fully saturated rings. The van der Waals surface area contributed by atoms with Crippen LogP contribution in [0.2, 0.25) is 0 Å². The molecule has 1 atom stereocenters. The van der Waals surface area contributed by atoms with Gasteiger partial charge in [0.25, 0.3) is 0 Å². The first kappa shape index (κ1) is 8.53. The van der Waals surface area contributed by atoms with E-state index in [4.69, 9.17) is 10.8 Å². The van der Waals surface area contributed by atoms with Crippen LogP contribution in [-0.2, 0) is 4.79 Å². The summed E-state index contributed by atoms with van der Waals surface area (Å²) in [4.78, 5) is 10.7. The number of hydrogen-bond acceptors (Lipinski definition) is 2. The van der Waals surface area contributed by atoms with Crippen LogP contribution < -0.4 is 5.73 Å². The van der Waals surface area contributed by atoms with Gasteiger partial charge in [0.1, 0.15) is 5.54 Å². The summed E-state index contributed by atoms with van der Waals surface area (Å²) in [6.07, 6.45) is 2.38. The van der Waals surface area contributed by atoms with E-state index in [0.717, 1.165) is 12.8 Å². The SMILES string of the molecule is CCC1(CC)CC1(N)C(=O)O. The van der Waals surface area contributed by atoms with E-state index in [9.17, 15) is 4.79 Å². The maximum atomic E-state index is 10.7. The van der Waals surface area contributed by atoms with Crippen molar-refractivity contribution in [1.82, 2.24) is 0 Å². The average molecular weight is 157 g/mol. The summed E-state index contributed by atoms with van der Waals surface area (Å²) in [5.74, 6) is -0.846. The third kappa shape index (κ3) is 0.872. The maximum Gasteiger partial charge on any atom is 0.324 e. The van der Waals surface area contributed by atoms with Crippen LogP contribution in [-0.4, -0.2) is 16.6 Å². The molecule has 1 aliphatic rings. The van der Waals surface area contributed by atoms with Gasteiger partial charge in [-0.1, -0.05) is 13.8 Å². The van der Waals surface area contributed by atoms with Crippen LogP contribution in [0, 0.1) is 5.41 Å². The molecule has 0 aromatic heterocycles. The minimum atomic E-state index is -0.920. The fraction of sp³-hybridized carbons (Fsp3) is 0.875. The van der Waals surface area contributed by atoms with E-state index in [1.165, 1.54) is 0 Å². The molecule has 1 unspecified atom stereocenters. The van der Waals surface area contributed by atoms with E-state index in [1.54, 1.807) is 0 Å². The van der Waals surface area contributed by atoms with Gasteiger partial charge in [0.15, 0.2) is 0 Å². The average Bonchev–Trinajstić information content (AvgIpc) is 2.59. The number of rotatable bonds is 3. The summed E-state index contributed by atoms with van der Waals surface area (Å²) in [5.41, 5.74) is 4.66. The Labute approximate surface area is 66.6 Å². The number of nitrogens with two attached hydrogens (primary N) is 1. The van der Waals surface area contributed by atoms with Gasteiger partial charge in [0, 0.05) is 5.41 Å². The highest BCUT2D eigenvalue weighted by Crippen LogP contribution is 2.59. The number of aliphatic carboxylic acids is 1. The van der Waals surface area contributed by atoms with Gasteiger partial charge in [-0.25, -0.2) is 0 Å². The van der Waals surface area contributed by atoms with Gasteiger partial charge < -0.3 is 10.8 Å². The Hall–Kier alpha value is -0.570. The monoisotopic (exact) mass is 157 g/mol. The molecule has 1 aliphatic carbocycles. The van der Waals surface area contributed by atoms with E-state index in [1.807, 2.05) is 13.8 Å². The molecule has 0 saturated heterocycles. The Morgan fingerprint density at radius 1 is 1.55 bits per heavy atom. The lowest BCUT2D eigenvalue weighted by Gasteiger charge is -2.15. The largest absolute Gasteiger partial charge is 0.480 e. The van der Waals surface area contributed by atoms with E-state index in [0.29, 0.717) is 6.42 Å². The molecular formula is C8H15NO2. The Kier molecular flexibility index (Phi) is 1.71. The third-order valence-corrected chi connectivity index (χ3v) is 3.17. The van der Waals surface area contributed by atoms with Crippen molar-refractivity contribution in [3.8, 4) is 0 Å². The molecule has 1 saturated carbocycles. The summed E-state index contributed by atoms with van der Waals surface area (Å²) < 4.78 is 0. The lowest BCUT2D eigenvalue weighted by molar-refractivity contribution is -0.140. The lowest BCUT2D eigenvalue weighted by atomic mass is 9.94. The molecule has 3 heteroatoms. The Morgan fingerprint density at radius 3 is 2.09 bits per heavy atom. The van der Waals surface area contributed by atoms with Gasteiger partial charge in [0.05, 0.1) is 0 Å². The molecule has 0 aromatic carbocycles. The van der Waals surface area contributed by atoms with Gasteiger partial charge >= 0.3 is 5.97 Å². The van der Waals surface area contributed by atoms with Gasteiger partial charge in [-0.15, -0.1) is 0 Å². The topological polar surface area (TPSA) is 63.3 Å². The molecule has 0 radical (unpaired) electrons. The highest BCUT2D eigenvalue weighted by atomic mass is 16.4. The molecule has 0 spiro atoms. The summed E-state index contributed by atoms with van der Waals surface area (Å²) in [7, 11) is 0. The minimum Gasteiger partial charge on any atom is -0.480 e. The molecule has 3 N–H and O–H groups in total. The van der Waals surface area contributed by atoms with Crippen LogP contribution in [0.15, 0.2) is 0 Å². The van der Waals surface area contributed by atoms with Crippen molar-refractivity contribution in [3.63, 3.8) is 0 Å². The first-order valence-corrected chi connectivity index (χ1v) is 4.04. The van der Waals surface area contributed by atoms with E-state index in [-0.39, 0.29) is 5.41 Å². The van der Waals surface area contributed by atoms with Crippen molar-refractivity contribution >= 4 is 5.97 Å². The van der Waals surface area contributed by atoms with Crippen molar-refractivity contribution in [2.45, 2.75) is 38.6 Å². The van der Waals surface area contributed by atoms with Gasteiger partial charge in [-0.05, 0) is 19.3 Å². The normalized spacial score (nSPS) is 33.4. The zero-order chi connectivity index (χ0) is 8.70. The first-order chi connectivity index (χ1) is 5.02. The smallest absolute Gasteiger partial charge is 0.324 e. The molecule has 0 bridgehead atoms. The molecule has 0 aliphatic heterocycles. The standard InChI is InChI=1S/C8H15NO2/c1-3-7(4-2)5-8(7,9)6(10)11/h3-5,9H2,1-2H3,(H,10,11). The summed E-state index contributed by atoms with van der Waals surface area (Å²) >= 11 is 0. The lowest BCUT2D eigenvalue weighted by Crippen LogP contribution is -2.39. The number of carboxylic acids is 1. The summed E-state index contributed by atoms with van der Waals surface area (Å²) in [6, 6.07) is 0. The van der Waals surface area contributed by atoms with E-state index < -0.39 is 11.5 Å². The highest BCUT2D eigenvalue weighted by molar-refractivity contribution is 5.84. The van der Waals surface area contributed by atoms with Crippen LogP contribution in [0.1, 0.15) is 33.1 Å². The number of carbonyl (C=O) groups is 1. The summed E-state index contributed by atoms with van der Waals surface area (Å²) in [5, 5.41) is 8.79. The molecule has 1 rings (SSSR count). The van der Waals surface area contributed by atoms with Crippen LogP contribution >= 0.6 is 0 Å². The van der Waals surface area contributed by atoms with Gasteiger partial charge in [-0.2, -0.15) is 0 Å². The van der Waals surface area contributed by atoms with Crippen molar-refractivity contribution in [3.05, 3.63) is 0 Å². The molecule has 3 nitrogen and oxygen atoms in total. The van der Waals surface area contributed by atoms with E-state index >= 15 is 0 Å². The van der Waals surface area contributed by atoms with Crippen molar-refractivity contribution in [2.24, 2.45) is 11.1 Å². The number of hydrogen-bond donors (Lipinski definition) is 2. The fourth-order valence-electron chi connectivity index (χ4n) is 1.92. The van der Waals surface area contributed by atoms with Crippen molar-refractivity contribution in [2.75, 3.05) is 0 Å². The molecule has 0 heterocycles. The Balaban J connectivity index is 2.76. The molecule has 0 aromatic rings. The second kappa shape index (κ2) is 2.21. The fourth-order valence-corrected chi connectivity index (χ4v) is 1.92. The quantitative estimate of drug-likeness (QED) is 0.641. The second-order valence-corrected chi connectivity index (χ2v) is 3.44. The van der Waals surface area contributed by atoms with Gasteiger partial charge in [-0.3, -0.25) is 4.79 Å². The third-order valence-electron chi connectivity index (χ3n) is 3.17. The predicted octanol–water partition coefficient (Wildman–Crippen LogP) is 0.979. The first-order valence-electron chi connectivity index (χ1n) is 4.04. The summed E-state index contributed by atoms with van der Waals surface area (Å²) in [6.45, 7) is 4.00. The van der Waals surface area contributed by atoms with Crippen LogP contribution in [0.5, 0.6) is 0 Å². The Morgan fingerprint density at radius 2 is 2.00 bits per heavy atom. The minimum absolute atomic E-state index is 0.112. The van der Waals surface area contributed by atoms with Crippen molar-refractivity contribution in [1.29, 1.82) is 0 Å². The zero-order valence-electron chi connectivity index (χ0n) is 7.05. The molecular weight excluding hydrogens is 142 g/mol. The molecule has 11 heavy (non-hydrogen) atoms. The van der Waals surface area contributed by atoms with Crippen LogP contribution in [0.25, 0.3) is 0 Å². The highest BCUT2D eigenvalue weighted by Gasteiger charge is 2.67. The Bertz CT molecular complexity index is 187. The zero-order valence-corrected chi connectivity index (χ0v) is 7.05. The van der Waals surface area contributed by atoms with E-state index in [2.05, 4.69) is 0 Å². The van der Waals surface area contributed by atoms with Crippen LogP contribution in [0.4, 0.5) is 0 Å². The van der Waals surface area contributed by atoms with Crippen molar-refractivity contribution < 1.29 is 9.90 Å². The van der Waals surface area contributed by atoms with Gasteiger partial charge in [0.2, 0.25) is 0 Å². The molecule has 0 amide bonds. The second-order valence-electron chi connectivity index (χ2n) is 3.44. The maximum absolute atomic E-state index is 10.7. The molecule has 64 valence electrons. The number of carboxylic acid groups (broad SMARTS) is 1. The predicted molar refractivity (Wildman–Crippen MR) is 42.2 cm³/mol. The van der Waals surface area contributed by atoms with Crippen LogP contribution in [0.3, 0.4) is 0 Å².